The SMILES string of the molecule is N#Cc1cnc(NC(C(=O)O)C2CC2)cn1. The van der Waals surface area contributed by atoms with Crippen LogP contribution in [-0.2, 0) is 4.79 Å². The molecule has 1 aromatic heterocycles. The first kappa shape index (κ1) is 10.4. The van der Waals surface area contributed by atoms with Gasteiger partial charge in [0, 0.05) is 0 Å². The van der Waals surface area contributed by atoms with Crippen molar-refractivity contribution < 1.29 is 9.90 Å². The summed E-state index contributed by atoms with van der Waals surface area (Å²) in [5, 5.41) is 20.3. The van der Waals surface area contributed by atoms with Crippen molar-refractivity contribution in [2.24, 2.45) is 5.92 Å². The molecule has 0 saturated heterocycles. The molecule has 1 atom stereocenters. The second-order valence-corrected chi connectivity index (χ2v) is 3.70. The monoisotopic (exact) mass is 218 g/mol. The Bertz CT molecular complexity index is 433. The Morgan fingerprint density at radius 3 is 2.75 bits per heavy atom. The van der Waals surface area contributed by atoms with E-state index in [4.69, 9.17) is 10.4 Å². The number of rotatable bonds is 4. The van der Waals surface area contributed by atoms with Crippen LogP contribution in [0, 0.1) is 17.2 Å². The third kappa shape index (κ3) is 2.25. The van der Waals surface area contributed by atoms with Gasteiger partial charge in [-0.2, -0.15) is 5.26 Å². The molecule has 6 heteroatoms. The Kier molecular flexibility index (Phi) is 2.68. The Hall–Kier alpha value is -2.16. The second kappa shape index (κ2) is 4.14. The number of carboxylic acids is 1. The van der Waals surface area contributed by atoms with Crippen LogP contribution in [0.15, 0.2) is 12.4 Å². The number of nitriles is 1. The molecule has 16 heavy (non-hydrogen) atoms. The molecule has 0 amide bonds. The van der Waals surface area contributed by atoms with E-state index in [2.05, 4.69) is 15.3 Å². The molecule has 82 valence electrons. The maximum Gasteiger partial charge on any atom is 0.326 e. The molecule has 0 spiro atoms. The van der Waals surface area contributed by atoms with Crippen molar-refractivity contribution >= 4 is 11.8 Å². The van der Waals surface area contributed by atoms with E-state index >= 15 is 0 Å². The molecule has 1 aliphatic rings. The molecule has 0 radical (unpaired) electrons. The summed E-state index contributed by atoms with van der Waals surface area (Å²) in [6, 6.07) is 1.24. The number of hydrogen-bond acceptors (Lipinski definition) is 5. The normalized spacial score (nSPS) is 16.2. The fraction of sp³-hybridized carbons (Fsp3) is 0.400. The molecule has 1 unspecified atom stereocenters. The number of carbonyl (C=O) groups is 1. The van der Waals surface area contributed by atoms with E-state index in [1.54, 1.807) is 0 Å². The van der Waals surface area contributed by atoms with Crippen molar-refractivity contribution in [3.63, 3.8) is 0 Å². The minimum Gasteiger partial charge on any atom is -0.480 e. The summed E-state index contributed by atoms with van der Waals surface area (Å²) < 4.78 is 0. The van der Waals surface area contributed by atoms with Crippen LogP contribution < -0.4 is 5.32 Å². The summed E-state index contributed by atoms with van der Waals surface area (Å²) in [6.45, 7) is 0. The lowest BCUT2D eigenvalue weighted by atomic mass is 10.2. The Balaban J connectivity index is 2.07. The average Bonchev–Trinajstić information content (AvgIpc) is 3.10. The second-order valence-electron chi connectivity index (χ2n) is 3.70. The standard InChI is InChI=1S/C10H10N4O2/c11-3-7-4-13-8(5-12-7)14-9(10(15)16)6-1-2-6/h4-6,9H,1-2H2,(H,13,14)(H,15,16). The van der Waals surface area contributed by atoms with Crippen LogP contribution in [0.4, 0.5) is 5.82 Å². The zero-order valence-electron chi connectivity index (χ0n) is 8.42. The number of anilines is 1. The van der Waals surface area contributed by atoms with Crippen LogP contribution in [0.1, 0.15) is 18.5 Å². The van der Waals surface area contributed by atoms with Gasteiger partial charge in [-0.05, 0) is 18.8 Å². The van der Waals surface area contributed by atoms with E-state index in [1.807, 2.05) is 6.07 Å². The van der Waals surface area contributed by atoms with Gasteiger partial charge in [0.2, 0.25) is 0 Å². The first-order chi connectivity index (χ1) is 7.70. The molecule has 0 bridgehead atoms. The zero-order chi connectivity index (χ0) is 11.5. The molecule has 6 nitrogen and oxygen atoms in total. The summed E-state index contributed by atoms with van der Waals surface area (Å²) in [5.74, 6) is -0.318. The van der Waals surface area contributed by atoms with Gasteiger partial charge in [0.05, 0.1) is 12.4 Å². The van der Waals surface area contributed by atoms with Gasteiger partial charge in [0.1, 0.15) is 17.9 Å². The van der Waals surface area contributed by atoms with E-state index in [0.717, 1.165) is 12.8 Å². The fourth-order valence-electron chi connectivity index (χ4n) is 1.43. The first-order valence-corrected chi connectivity index (χ1v) is 4.92. The number of aliphatic carboxylic acids is 1. The molecule has 1 saturated carbocycles. The first-order valence-electron chi connectivity index (χ1n) is 4.92. The van der Waals surface area contributed by atoms with E-state index < -0.39 is 12.0 Å². The molecule has 1 heterocycles. The highest BCUT2D eigenvalue weighted by Crippen LogP contribution is 2.34. The van der Waals surface area contributed by atoms with Crippen LogP contribution in [-0.4, -0.2) is 27.1 Å². The summed E-state index contributed by atoms with van der Waals surface area (Å²) in [6.07, 6.45) is 4.53. The maximum absolute atomic E-state index is 10.9. The molecule has 0 aliphatic heterocycles. The van der Waals surface area contributed by atoms with Gasteiger partial charge in [-0.25, -0.2) is 14.8 Å². The average molecular weight is 218 g/mol. The summed E-state index contributed by atoms with van der Waals surface area (Å²) in [7, 11) is 0. The van der Waals surface area contributed by atoms with Crippen molar-refractivity contribution in [2.75, 3.05) is 5.32 Å². The van der Waals surface area contributed by atoms with Gasteiger partial charge in [-0.15, -0.1) is 0 Å². The van der Waals surface area contributed by atoms with Gasteiger partial charge >= 0.3 is 5.97 Å². The number of nitrogens with zero attached hydrogens (tertiary/aromatic N) is 3. The zero-order valence-corrected chi connectivity index (χ0v) is 8.42. The number of aromatic nitrogens is 2. The van der Waals surface area contributed by atoms with E-state index in [9.17, 15) is 4.79 Å². The Labute approximate surface area is 92.0 Å². The van der Waals surface area contributed by atoms with Crippen LogP contribution in [0.3, 0.4) is 0 Å². The van der Waals surface area contributed by atoms with Gasteiger partial charge in [0.25, 0.3) is 0 Å². The molecule has 1 aliphatic carbocycles. The van der Waals surface area contributed by atoms with Crippen LogP contribution in [0.25, 0.3) is 0 Å². The highest BCUT2D eigenvalue weighted by Gasteiger charge is 2.36. The van der Waals surface area contributed by atoms with Crippen LogP contribution in [0.5, 0.6) is 0 Å². The van der Waals surface area contributed by atoms with Crippen molar-refractivity contribution in [1.82, 2.24) is 9.97 Å². The molecule has 1 aromatic rings. The Morgan fingerprint density at radius 2 is 2.31 bits per heavy atom. The van der Waals surface area contributed by atoms with Gasteiger partial charge in [0.15, 0.2) is 5.69 Å². The van der Waals surface area contributed by atoms with Gasteiger partial charge in [-0.1, -0.05) is 0 Å². The Morgan fingerprint density at radius 1 is 1.56 bits per heavy atom. The molecular weight excluding hydrogens is 208 g/mol. The minimum absolute atomic E-state index is 0.176. The lowest BCUT2D eigenvalue weighted by Crippen LogP contribution is -2.31. The summed E-state index contributed by atoms with van der Waals surface area (Å²) >= 11 is 0. The molecule has 2 N–H and O–H groups in total. The molecule has 2 rings (SSSR count). The topological polar surface area (TPSA) is 98.9 Å². The predicted octanol–water partition coefficient (Wildman–Crippen LogP) is 0.623. The number of nitrogens with one attached hydrogen (secondary N) is 1. The van der Waals surface area contributed by atoms with E-state index in [0.29, 0.717) is 5.82 Å². The summed E-state index contributed by atoms with van der Waals surface area (Å²) in [5.41, 5.74) is 0.212. The molecular formula is C10H10N4O2. The van der Waals surface area contributed by atoms with E-state index in [1.165, 1.54) is 12.4 Å². The molecule has 0 aromatic carbocycles. The van der Waals surface area contributed by atoms with Crippen molar-refractivity contribution in [1.29, 1.82) is 5.26 Å². The van der Waals surface area contributed by atoms with Gasteiger partial charge in [-0.3, -0.25) is 0 Å². The van der Waals surface area contributed by atoms with Crippen molar-refractivity contribution in [2.45, 2.75) is 18.9 Å². The van der Waals surface area contributed by atoms with Crippen LogP contribution >= 0.6 is 0 Å². The number of hydrogen-bond donors (Lipinski definition) is 2. The molecule has 1 fully saturated rings. The third-order valence-corrected chi connectivity index (χ3v) is 2.43. The largest absolute Gasteiger partial charge is 0.480 e. The van der Waals surface area contributed by atoms with Crippen molar-refractivity contribution in [3.8, 4) is 6.07 Å². The summed E-state index contributed by atoms with van der Waals surface area (Å²) in [4.78, 5) is 18.7. The fourth-order valence-corrected chi connectivity index (χ4v) is 1.43. The highest BCUT2D eigenvalue weighted by atomic mass is 16.4. The van der Waals surface area contributed by atoms with Crippen LogP contribution in [0.2, 0.25) is 0 Å². The number of carboxylic acid groups (broad SMARTS) is 1. The van der Waals surface area contributed by atoms with E-state index in [-0.39, 0.29) is 11.6 Å². The third-order valence-electron chi connectivity index (χ3n) is 2.43. The lowest BCUT2D eigenvalue weighted by Gasteiger charge is -2.13. The lowest BCUT2D eigenvalue weighted by molar-refractivity contribution is -0.138. The van der Waals surface area contributed by atoms with Crippen molar-refractivity contribution in [3.05, 3.63) is 18.1 Å². The predicted molar refractivity (Wildman–Crippen MR) is 54.5 cm³/mol. The van der Waals surface area contributed by atoms with Gasteiger partial charge < -0.3 is 10.4 Å². The quantitative estimate of drug-likeness (QED) is 0.768. The minimum atomic E-state index is -0.881. The smallest absolute Gasteiger partial charge is 0.326 e. The maximum atomic E-state index is 10.9. The highest BCUT2D eigenvalue weighted by molar-refractivity contribution is 5.77.